The Kier molecular flexibility index (Phi) is 10.2. The van der Waals surface area contributed by atoms with Crippen LogP contribution in [0, 0.1) is 10.8 Å². The Morgan fingerprint density at radius 1 is 0.607 bits per heavy atom. The molecule has 0 atom stereocenters. The van der Waals surface area contributed by atoms with Crippen molar-refractivity contribution in [3.63, 3.8) is 0 Å². The Balaban J connectivity index is 4.66. The fraction of sp³-hybridized carbons (Fsp3) is 1.00. The van der Waals surface area contributed by atoms with Gasteiger partial charge in [-0.25, -0.2) is 0 Å². The van der Waals surface area contributed by atoms with Gasteiger partial charge >= 0.3 is 0 Å². The molecule has 0 unspecified atom stereocenters. The van der Waals surface area contributed by atoms with Crippen LogP contribution in [0.5, 0.6) is 0 Å². The van der Waals surface area contributed by atoms with E-state index in [0.717, 1.165) is 19.4 Å². The second kappa shape index (κ2) is 10.2. The van der Waals surface area contributed by atoms with Crippen molar-refractivity contribution in [1.82, 2.24) is 0 Å². The molecule has 0 bridgehead atoms. The summed E-state index contributed by atoms with van der Waals surface area (Å²) in [4.78, 5) is 0. The standard InChI is InChI=1S/C24H50O4/c1-19(2)26-16-13-20(3,4)23(9,10)27-17-14-21(5,6)24(11,12)28-18-15-22(7,8)25/h19,25H,13-18H2,1-12H3. The van der Waals surface area contributed by atoms with Crippen molar-refractivity contribution in [2.24, 2.45) is 10.8 Å². The topological polar surface area (TPSA) is 47.9 Å². The predicted octanol–water partition coefficient (Wildman–Crippen LogP) is 6.00. The molecular formula is C24H50O4. The zero-order valence-electron chi connectivity index (χ0n) is 21.0. The zero-order chi connectivity index (χ0) is 22.4. The third-order valence-corrected chi connectivity index (χ3v) is 6.80. The van der Waals surface area contributed by atoms with Crippen molar-refractivity contribution in [2.45, 2.75) is 125 Å². The Hall–Kier alpha value is -0.160. The summed E-state index contributed by atoms with van der Waals surface area (Å²) in [6, 6.07) is 0. The average molecular weight is 403 g/mol. The summed E-state index contributed by atoms with van der Waals surface area (Å²) in [6.45, 7) is 27.4. The SMILES string of the molecule is CC(C)OCCC(C)(C)C(C)(C)OCCC(C)(C)C(C)(C)OCCC(C)(C)O. The molecule has 0 saturated carbocycles. The number of hydrogen-bond acceptors (Lipinski definition) is 4. The summed E-state index contributed by atoms with van der Waals surface area (Å²) in [5.74, 6) is 0. The molecule has 1 N–H and O–H groups in total. The van der Waals surface area contributed by atoms with Gasteiger partial charge in [-0.2, -0.15) is 0 Å². The number of ether oxygens (including phenoxy) is 3. The minimum atomic E-state index is -0.696. The molecule has 0 spiro atoms. The molecule has 0 aliphatic rings. The molecule has 0 amide bonds. The highest BCUT2D eigenvalue weighted by atomic mass is 16.5. The second-order valence-corrected chi connectivity index (χ2v) is 11.5. The van der Waals surface area contributed by atoms with Gasteiger partial charge in [0.2, 0.25) is 0 Å². The molecule has 0 aromatic rings. The number of hydrogen-bond donors (Lipinski definition) is 1. The second-order valence-electron chi connectivity index (χ2n) is 11.5. The van der Waals surface area contributed by atoms with Gasteiger partial charge < -0.3 is 19.3 Å². The van der Waals surface area contributed by atoms with Gasteiger partial charge in [0.15, 0.2) is 0 Å². The summed E-state index contributed by atoms with van der Waals surface area (Å²) in [5.41, 5.74) is -1.27. The molecule has 0 aromatic carbocycles. The maximum Gasteiger partial charge on any atom is 0.0678 e. The summed E-state index contributed by atoms with van der Waals surface area (Å²) in [5, 5.41) is 9.91. The minimum absolute atomic E-state index is 0.0186. The Morgan fingerprint density at radius 2 is 0.964 bits per heavy atom. The third-order valence-electron chi connectivity index (χ3n) is 6.80. The molecule has 28 heavy (non-hydrogen) atoms. The molecule has 0 aliphatic heterocycles. The van der Waals surface area contributed by atoms with Crippen molar-refractivity contribution >= 4 is 0 Å². The molecule has 0 radical (unpaired) electrons. The van der Waals surface area contributed by atoms with Gasteiger partial charge in [-0.1, -0.05) is 27.7 Å². The van der Waals surface area contributed by atoms with Crippen molar-refractivity contribution in [3.05, 3.63) is 0 Å². The first kappa shape index (κ1) is 27.8. The van der Waals surface area contributed by atoms with Crippen LogP contribution >= 0.6 is 0 Å². The van der Waals surface area contributed by atoms with E-state index in [-0.39, 0.29) is 28.1 Å². The lowest BCUT2D eigenvalue weighted by Gasteiger charge is -2.45. The highest BCUT2D eigenvalue weighted by Crippen LogP contribution is 2.40. The van der Waals surface area contributed by atoms with E-state index < -0.39 is 5.60 Å². The van der Waals surface area contributed by atoms with E-state index in [1.54, 1.807) is 0 Å². The Bertz CT molecular complexity index is 442. The lowest BCUT2D eigenvalue weighted by molar-refractivity contribution is -0.142. The monoisotopic (exact) mass is 402 g/mol. The van der Waals surface area contributed by atoms with E-state index in [2.05, 4.69) is 69.2 Å². The van der Waals surface area contributed by atoms with Crippen molar-refractivity contribution in [1.29, 1.82) is 0 Å². The first-order valence-electron chi connectivity index (χ1n) is 10.9. The van der Waals surface area contributed by atoms with Gasteiger partial charge in [0.05, 0.1) is 29.5 Å². The summed E-state index contributed by atoms with van der Waals surface area (Å²) in [7, 11) is 0. The first-order chi connectivity index (χ1) is 12.3. The van der Waals surface area contributed by atoms with Crippen molar-refractivity contribution in [2.75, 3.05) is 19.8 Å². The van der Waals surface area contributed by atoms with E-state index in [9.17, 15) is 5.11 Å². The van der Waals surface area contributed by atoms with Gasteiger partial charge in [-0.15, -0.1) is 0 Å². The number of aliphatic hydroxyl groups is 1. The molecule has 170 valence electrons. The van der Waals surface area contributed by atoms with Gasteiger partial charge in [-0.05, 0) is 85.5 Å². The van der Waals surface area contributed by atoms with Crippen LogP contribution in [0.1, 0.15) is 102 Å². The predicted molar refractivity (Wildman–Crippen MR) is 119 cm³/mol. The molecular weight excluding hydrogens is 352 g/mol. The van der Waals surface area contributed by atoms with Crippen LogP contribution in [0.2, 0.25) is 0 Å². The third kappa shape index (κ3) is 9.56. The largest absolute Gasteiger partial charge is 0.390 e. The Morgan fingerprint density at radius 3 is 1.32 bits per heavy atom. The highest BCUT2D eigenvalue weighted by Gasteiger charge is 2.41. The van der Waals surface area contributed by atoms with Gasteiger partial charge in [0.1, 0.15) is 0 Å². The molecule has 0 saturated heterocycles. The van der Waals surface area contributed by atoms with Crippen molar-refractivity contribution < 1.29 is 19.3 Å². The van der Waals surface area contributed by atoms with Crippen LogP contribution in [-0.4, -0.2) is 47.8 Å². The minimum Gasteiger partial charge on any atom is -0.390 e. The van der Waals surface area contributed by atoms with Crippen molar-refractivity contribution in [3.8, 4) is 0 Å². The summed E-state index contributed by atoms with van der Waals surface area (Å²) >= 11 is 0. The fourth-order valence-electron chi connectivity index (χ4n) is 2.66. The number of rotatable bonds is 14. The quantitative estimate of drug-likeness (QED) is 0.387. The Labute approximate surface area is 175 Å². The fourth-order valence-corrected chi connectivity index (χ4v) is 2.66. The summed E-state index contributed by atoms with van der Waals surface area (Å²) < 4.78 is 18.3. The lowest BCUT2D eigenvalue weighted by atomic mass is 9.73. The maximum absolute atomic E-state index is 9.91. The lowest BCUT2D eigenvalue weighted by Crippen LogP contribution is -2.46. The first-order valence-corrected chi connectivity index (χ1v) is 10.9. The molecule has 0 aliphatic carbocycles. The molecule has 0 rings (SSSR count). The summed E-state index contributed by atoms with van der Waals surface area (Å²) in [6.07, 6.45) is 2.76. The zero-order valence-corrected chi connectivity index (χ0v) is 21.0. The average Bonchev–Trinajstić information content (AvgIpc) is 2.43. The normalized spacial score (nSPS) is 14.8. The van der Waals surface area contributed by atoms with E-state index in [1.807, 2.05) is 13.8 Å². The van der Waals surface area contributed by atoms with Crippen LogP contribution in [0.25, 0.3) is 0 Å². The molecule has 0 fully saturated rings. The van der Waals surface area contributed by atoms with E-state index >= 15 is 0 Å². The van der Waals surface area contributed by atoms with Crippen LogP contribution in [0.4, 0.5) is 0 Å². The highest BCUT2D eigenvalue weighted by molar-refractivity contribution is 4.90. The molecule has 4 heteroatoms. The van der Waals surface area contributed by atoms with E-state index in [0.29, 0.717) is 19.6 Å². The van der Waals surface area contributed by atoms with Gasteiger partial charge in [0.25, 0.3) is 0 Å². The van der Waals surface area contributed by atoms with Crippen LogP contribution in [-0.2, 0) is 14.2 Å². The molecule has 0 heterocycles. The van der Waals surface area contributed by atoms with E-state index in [1.165, 1.54) is 0 Å². The molecule has 0 aromatic heterocycles. The molecule has 4 nitrogen and oxygen atoms in total. The van der Waals surface area contributed by atoms with Crippen LogP contribution < -0.4 is 0 Å². The van der Waals surface area contributed by atoms with Crippen LogP contribution in [0.3, 0.4) is 0 Å². The van der Waals surface area contributed by atoms with E-state index in [4.69, 9.17) is 14.2 Å². The van der Waals surface area contributed by atoms with Gasteiger partial charge in [0, 0.05) is 13.2 Å². The smallest absolute Gasteiger partial charge is 0.0678 e. The van der Waals surface area contributed by atoms with Crippen LogP contribution in [0.15, 0.2) is 0 Å². The van der Waals surface area contributed by atoms with Gasteiger partial charge in [-0.3, -0.25) is 0 Å². The maximum atomic E-state index is 9.91.